The van der Waals surface area contributed by atoms with E-state index in [2.05, 4.69) is 10.2 Å². The lowest BCUT2D eigenvalue weighted by Gasteiger charge is -1.94. The Morgan fingerprint density at radius 1 is 1.50 bits per heavy atom. The van der Waals surface area contributed by atoms with Crippen molar-refractivity contribution >= 4 is 28.8 Å². The molecular weight excluding hydrogens is 176 g/mol. The van der Waals surface area contributed by atoms with Crippen LogP contribution >= 0.6 is 11.6 Å². The van der Waals surface area contributed by atoms with Crippen molar-refractivity contribution in [1.82, 2.24) is 10.2 Å². The molecule has 0 radical (unpaired) electrons. The summed E-state index contributed by atoms with van der Waals surface area (Å²) in [6.45, 7) is 0. The zero-order chi connectivity index (χ0) is 8.55. The molecule has 60 valence electrons. The van der Waals surface area contributed by atoms with Crippen LogP contribution in [0.25, 0.3) is 10.9 Å². The lowest BCUT2D eigenvalue weighted by atomic mass is 10.1. The molecule has 0 spiro atoms. The van der Waals surface area contributed by atoms with Gasteiger partial charge in [-0.2, -0.15) is 5.10 Å². The van der Waals surface area contributed by atoms with Crippen molar-refractivity contribution in [2.45, 2.75) is 0 Å². The van der Waals surface area contributed by atoms with Crippen LogP contribution in [0.5, 0.6) is 0 Å². The highest BCUT2D eigenvalue weighted by Crippen LogP contribution is 2.20. The van der Waals surface area contributed by atoms with Gasteiger partial charge in [0.1, 0.15) is 0 Å². The molecule has 0 saturated heterocycles. The summed E-state index contributed by atoms with van der Waals surface area (Å²) in [6.07, 6.45) is 2.37. The number of rotatable bonds is 1. The van der Waals surface area contributed by atoms with Crippen LogP contribution < -0.4 is 0 Å². The highest BCUT2D eigenvalue weighted by Gasteiger charge is 2.02. The number of aldehydes is 1. The Kier molecular flexibility index (Phi) is 1.59. The number of H-pyrrole nitrogens is 1. The topological polar surface area (TPSA) is 45.8 Å². The number of benzene rings is 1. The van der Waals surface area contributed by atoms with E-state index in [-0.39, 0.29) is 0 Å². The third kappa shape index (κ3) is 0.987. The molecule has 12 heavy (non-hydrogen) atoms. The van der Waals surface area contributed by atoms with Crippen LogP contribution in [-0.2, 0) is 0 Å². The molecule has 0 atom stereocenters. The van der Waals surface area contributed by atoms with E-state index in [1.165, 1.54) is 0 Å². The Morgan fingerprint density at radius 3 is 3.08 bits per heavy atom. The van der Waals surface area contributed by atoms with Crippen molar-refractivity contribution < 1.29 is 4.79 Å². The maximum absolute atomic E-state index is 10.6. The van der Waals surface area contributed by atoms with Crippen molar-refractivity contribution in [3.63, 3.8) is 0 Å². The predicted octanol–water partition coefficient (Wildman–Crippen LogP) is 2.03. The van der Waals surface area contributed by atoms with E-state index in [9.17, 15) is 4.79 Å². The molecule has 1 heterocycles. The lowest BCUT2D eigenvalue weighted by molar-refractivity contribution is 0.112. The number of nitrogens with one attached hydrogen (secondary N) is 1. The Morgan fingerprint density at radius 2 is 2.33 bits per heavy atom. The van der Waals surface area contributed by atoms with Crippen LogP contribution in [0, 0.1) is 0 Å². The van der Waals surface area contributed by atoms with Gasteiger partial charge in [-0.15, -0.1) is 0 Å². The molecular formula is C8H5ClN2O. The molecule has 0 aliphatic heterocycles. The van der Waals surface area contributed by atoms with Crippen LogP contribution in [-0.4, -0.2) is 16.5 Å². The van der Waals surface area contributed by atoms with Gasteiger partial charge in [-0.3, -0.25) is 9.89 Å². The summed E-state index contributed by atoms with van der Waals surface area (Å²) in [5.41, 5.74) is 1.34. The van der Waals surface area contributed by atoms with E-state index in [0.717, 1.165) is 17.2 Å². The maximum Gasteiger partial charge on any atom is 0.150 e. The van der Waals surface area contributed by atoms with Gasteiger partial charge in [-0.25, -0.2) is 0 Å². The average molecular weight is 181 g/mol. The molecule has 0 aliphatic rings. The van der Waals surface area contributed by atoms with Crippen LogP contribution in [0.1, 0.15) is 10.4 Å². The first-order valence-electron chi connectivity index (χ1n) is 3.39. The van der Waals surface area contributed by atoms with Gasteiger partial charge in [-0.05, 0) is 12.1 Å². The smallest absolute Gasteiger partial charge is 0.150 e. The molecule has 1 aromatic carbocycles. The Hall–Kier alpha value is -1.35. The fourth-order valence-electron chi connectivity index (χ4n) is 1.14. The van der Waals surface area contributed by atoms with E-state index in [1.807, 2.05) is 0 Å². The second kappa shape index (κ2) is 2.60. The highest BCUT2D eigenvalue weighted by atomic mass is 35.5. The molecule has 0 amide bonds. The van der Waals surface area contributed by atoms with E-state index >= 15 is 0 Å². The third-order valence-corrected chi connectivity index (χ3v) is 1.90. The molecule has 2 rings (SSSR count). The predicted molar refractivity (Wildman–Crippen MR) is 46.5 cm³/mol. The first-order valence-corrected chi connectivity index (χ1v) is 3.77. The van der Waals surface area contributed by atoms with Gasteiger partial charge < -0.3 is 0 Å². The van der Waals surface area contributed by atoms with Gasteiger partial charge >= 0.3 is 0 Å². The minimum absolute atomic E-state index is 0.536. The summed E-state index contributed by atoms with van der Waals surface area (Å²) in [7, 11) is 0. The van der Waals surface area contributed by atoms with Gasteiger partial charge in [-0.1, -0.05) is 11.6 Å². The van der Waals surface area contributed by atoms with Crippen molar-refractivity contribution in [1.29, 1.82) is 0 Å². The minimum Gasteiger partial charge on any atom is -0.298 e. The molecule has 0 fully saturated rings. The van der Waals surface area contributed by atoms with E-state index in [4.69, 9.17) is 11.6 Å². The summed E-state index contributed by atoms with van der Waals surface area (Å²) in [5, 5.41) is 7.89. The zero-order valence-corrected chi connectivity index (χ0v) is 6.80. The van der Waals surface area contributed by atoms with Gasteiger partial charge in [0.25, 0.3) is 0 Å². The number of nitrogens with zero attached hydrogens (tertiary/aromatic N) is 1. The van der Waals surface area contributed by atoms with Crippen LogP contribution in [0.2, 0.25) is 5.02 Å². The Balaban J connectivity index is 2.88. The number of carbonyl (C=O) groups excluding carboxylic acids is 1. The first kappa shape index (κ1) is 7.31. The lowest BCUT2D eigenvalue weighted by Crippen LogP contribution is -1.80. The first-order chi connectivity index (χ1) is 5.81. The van der Waals surface area contributed by atoms with E-state index < -0.39 is 0 Å². The molecule has 1 aromatic heterocycles. The molecule has 0 bridgehead atoms. The second-order valence-corrected chi connectivity index (χ2v) is 2.88. The van der Waals surface area contributed by atoms with Gasteiger partial charge in [0, 0.05) is 16.0 Å². The number of carbonyl (C=O) groups is 1. The standard InChI is InChI=1S/C8H5ClN2O/c9-6-1-5(4-12)7-3-10-11-8(7)2-6/h1-4H,(H,10,11). The number of halogens is 1. The summed E-state index contributed by atoms with van der Waals surface area (Å²) >= 11 is 5.75. The number of fused-ring (bicyclic) bond motifs is 1. The molecule has 2 aromatic rings. The Labute approximate surface area is 73.3 Å². The number of hydrogen-bond acceptors (Lipinski definition) is 2. The number of aromatic amines is 1. The largest absolute Gasteiger partial charge is 0.298 e. The fourth-order valence-corrected chi connectivity index (χ4v) is 1.37. The van der Waals surface area contributed by atoms with Crippen molar-refractivity contribution in [3.8, 4) is 0 Å². The second-order valence-electron chi connectivity index (χ2n) is 2.44. The quantitative estimate of drug-likeness (QED) is 0.683. The molecule has 1 N–H and O–H groups in total. The van der Waals surface area contributed by atoms with Gasteiger partial charge in [0.2, 0.25) is 0 Å². The fraction of sp³-hybridized carbons (Fsp3) is 0. The SMILES string of the molecule is O=Cc1cc(Cl)cc2[nH]ncc12. The van der Waals surface area contributed by atoms with Crippen molar-refractivity contribution in [3.05, 3.63) is 28.9 Å². The van der Waals surface area contributed by atoms with Gasteiger partial charge in [0.15, 0.2) is 6.29 Å². The zero-order valence-electron chi connectivity index (χ0n) is 6.04. The van der Waals surface area contributed by atoms with E-state index in [0.29, 0.717) is 10.6 Å². The summed E-state index contributed by atoms with van der Waals surface area (Å²) in [6, 6.07) is 3.35. The average Bonchev–Trinajstić information content (AvgIpc) is 2.50. The highest BCUT2D eigenvalue weighted by molar-refractivity contribution is 6.31. The summed E-state index contributed by atoms with van der Waals surface area (Å²) < 4.78 is 0. The van der Waals surface area contributed by atoms with Crippen LogP contribution in [0.15, 0.2) is 18.3 Å². The molecule has 0 aliphatic carbocycles. The van der Waals surface area contributed by atoms with E-state index in [1.54, 1.807) is 18.3 Å². The maximum atomic E-state index is 10.6. The number of hydrogen-bond donors (Lipinski definition) is 1. The summed E-state index contributed by atoms with van der Waals surface area (Å²) in [4.78, 5) is 10.6. The van der Waals surface area contributed by atoms with Gasteiger partial charge in [0.05, 0.1) is 11.7 Å². The van der Waals surface area contributed by atoms with Crippen LogP contribution in [0.4, 0.5) is 0 Å². The molecule has 0 unspecified atom stereocenters. The third-order valence-electron chi connectivity index (χ3n) is 1.68. The van der Waals surface area contributed by atoms with Crippen LogP contribution in [0.3, 0.4) is 0 Å². The molecule has 4 heteroatoms. The molecule has 0 saturated carbocycles. The minimum atomic E-state index is 0.536. The Bertz CT molecular complexity index is 436. The molecule has 3 nitrogen and oxygen atoms in total. The normalized spacial score (nSPS) is 10.4. The van der Waals surface area contributed by atoms with Crippen molar-refractivity contribution in [2.24, 2.45) is 0 Å². The summed E-state index contributed by atoms with van der Waals surface area (Å²) in [5.74, 6) is 0. The monoisotopic (exact) mass is 180 g/mol. The van der Waals surface area contributed by atoms with Crippen molar-refractivity contribution in [2.75, 3.05) is 0 Å². The number of aromatic nitrogens is 2.